The van der Waals surface area contributed by atoms with Gasteiger partial charge in [-0.25, -0.2) is 0 Å². The molecular formula is C17H17BrClNO. The average molecular weight is 367 g/mol. The van der Waals surface area contributed by atoms with Gasteiger partial charge in [-0.3, -0.25) is 4.79 Å². The van der Waals surface area contributed by atoms with E-state index < -0.39 is 0 Å². The number of benzene rings is 2. The molecule has 0 aliphatic heterocycles. The number of hydrogen-bond donors (Lipinski definition) is 1. The number of para-hydroxylation sites is 1. The second-order valence-electron chi connectivity index (χ2n) is 4.97. The van der Waals surface area contributed by atoms with Crippen LogP contribution in [-0.4, -0.2) is 5.91 Å². The van der Waals surface area contributed by atoms with Gasteiger partial charge < -0.3 is 5.32 Å². The summed E-state index contributed by atoms with van der Waals surface area (Å²) in [6, 6.07) is 13.1. The largest absolute Gasteiger partial charge is 0.322 e. The molecule has 0 radical (unpaired) electrons. The molecule has 0 aromatic heterocycles. The number of carbonyl (C=O) groups is 1. The third-order valence-corrected chi connectivity index (χ3v) is 4.42. The van der Waals surface area contributed by atoms with Crippen LogP contribution in [0.5, 0.6) is 0 Å². The van der Waals surface area contributed by atoms with Gasteiger partial charge in [-0.15, -0.1) is 0 Å². The maximum atomic E-state index is 12.4. The number of rotatable bonds is 4. The fraction of sp³-hybridized carbons (Fsp3) is 0.235. The molecule has 1 unspecified atom stereocenters. The predicted octanol–water partition coefficient (Wildman–Crippen LogP) is 5.87. The van der Waals surface area contributed by atoms with Crippen molar-refractivity contribution < 1.29 is 4.79 Å². The summed E-state index contributed by atoms with van der Waals surface area (Å²) in [5.74, 6) is 0.254. The van der Waals surface area contributed by atoms with E-state index in [-0.39, 0.29) is 5.91 Å². The van der Waals surface area contributed by atoms with E-state index in [1.54, 1.807) is 18.2 Å². The molecule has 0 saturated heterocycles. The summed E-state index contributed by atoms with van der Waals surface area (Å²) in [4.78, 5) is 12.4. The number of halogens is 2. The number of hydrogen-bond acceptors (Lipinski definition) is 1. The number of anilines is 1. The van der Waals surface area contributed by atoms with Crippen LogP contribution in [0.4, 0.5) is 5.69 Å². The molecule has 2 aromatic rings. The first-order valence-electron chi connectivity index (χ1n) is 6.88. The summed E-state index contributed by atoms with van der Waals surface area (Å²) in [6.07, 6.45) is 1.03. The van der Waals surface area contributed by atoms with Crippen LogP contribution >= 0.6 is 27.5 Å². The summed E-state index contributed by atoms with van der Waals surface area (Å²) in [5, 5.41) is 3.59. The van der Waals surface area contributed by atoms with Gasteiger partial charge in [0.2, 0.25) is 0 Å². The zero-order valence-electron chi connectivity index (χ0n) is 12.0. The van der Waals surface area contributed by atoms with Crippen molar-refractivity contribution in [2.75, 3.05) is 5.32 Å². The lowest BCUT2D eigenvalue weighted by Crippen LogP contribution is -2.14. The van der Waals surface area contributed by atoms with E-state index in [4.69, 9.17) is 11.6 Å². The van der Waals surface area contributed by atoms with Gasteiger partial charge in [-0.05, 0) is 58.1 Å². The molecular weight excluding hydrogens is 350 g/mol. The van der Waals surface area contributed by atoms with Gasteiger partial charge in [0.25, 0.3) is 5.91 Å². The highest BCUT2D eigenvalue weighted by Gasteiger charge is 2.14. The molecule has 110 valence electrons. The second-order valence-corrected chi connectivity index (χ2v) is 6.27. The minimum absolute atomic E-state index is 0.144. The number of nitrogens with one attached hydrogen (secondary N) is 1. The molecule has 0 spiro atoms. The van der Waals surface area contributed by atoms with Crippen LogP contribution in [0.2, 0.25) is 5.02 Å². The Kier molecular flexibility index (Phi) is 5.43. The highest BCUT2D eigenvalue weighted by molar-refractivity contribution is 9.10. The van der Waals surface area contributed by atoms with Crippen LogP contribution < -0.4 is 5.32 Å². The summed E-state index contributed by atoms with van der Waals surface area (Å²) in [7, 11) is 0. The first-order valence-corrected chi connectivity index (χ1v) is 8.05. The third-order valence-electron chi connectivity index (χ3n) is 3.53. The first-order chi connectivity index (χ1) is 10.0. The van der Waals surface area contributed by atoms with Gasteiger partial charge in [-0.2, -0.15) is 0 Å². The molecule has 0 fully saturated rings. The first kappa shape index (κ1) is 16.1. The van der Waals surface area contributed by atoms with Crippen LogP contribution in [0, 0.1) is 0 Å². The van der Waals surface area contributed by atoms with Crippen molar-refractivity contribution in [1.82, 2.24) is 0 Å². The average Bonchev–Trinajstić information content (AvgIpc) is 2.46. The highest BCUT2D eigenvalue weighted by Crippen LogP contribution is 2.28. The van der Waals surface area contributed by atoms with Gasteiger partial charge in [0, 0.05) is 15.2 Å². The summed E-state index contributed by atoms with van der Waals surface area (Å²) < 4.78 is 0.688. The van der Waals surface area contributed by atoms with Gasteiger partial charge in [0.15, 0.2) is 0 Å². The van der Waals surface area contributed by atoms with Crippen LogP contribution in [0.25, 0.3) is 0 Å². The number of amides is 1. The molecule has 0 heterocycles. The van der Waals surface area contributed by atoms with E-state index >= 15 is 0 Å². The SMILES string of the molecule is CCC(C)c1ccccc1NC(=O)c1ccc(Cl)cc1Br. The Morgan fingerprint density at radius 1 is 1.29 bits per heavy atom. The Balaban J connectivity index is 2.28. The Labute approximate surface area is 138 Å². The molecule has 0 saturated carbocycles. The Morgan fingerprint density at radius 3 is 2.67 bits per heavy atom. The van der Waals surface area contributed by atoms with Gasteiger partial charge in [-0.1, -0.05) is 43.6 Å². The van der Waals surface area contributed by atoms with Crippen molar-refractivity contribution in [1.29, 1.82) is 0 Å². The smallest absolute Gasteiger partial charge is 0.256 e. The molecule has 0 aliphatic carbocycles. The minimum atomic E-state index is -0.144. The molecule has 21 heavy (non-hydrogen) atoms. The summed E-state index contributed by atoms with van der Waals surface area (Å²) >= 11 is 9.28. The second kappa shape index (κ2) is 7.10. The molecule has 1 amide bonds. The zero-order chi connectivity index (χ0) is 15.4. The highest BCUT2D eigenvalue weighted by atomic mass is 79.9. The Morgan fingerprint density at radius 2 is 2.00 bits per heavy atom. The zero-order valence-corrected chi connectivity index (χ0v) is 14.3. The lowest BCUT2D eigenvalue weighted by molar-refractivity contribution is 0.102. The van der Waals surface area contributed by atoms with E-state index in [1.165, 1.54) is 0 Å². The van der Waals surface area contributed by atoms with Gasteiger partial charge in [0.1, 0.15) is 0 Å². The quantitative estimate of drug-likeness (QED) is 0.720. The standard InChI is InChI=1S/C17H17BrClNO/c1-3-11(2)13-6-4-5-7-16(13)20-17(21)14-9-8-12(19)10-15(14)18/h4-11H,3H2,1-2H3,(H,20,21). The van der Waals surface area contributed by atoms with Crippen molar-refractivity contribution >= 4 is 39.1 Å². The predicted molar refractivity (Wildman–Crippen MR) is 92.3 cm³/mol. The maximum absolute atomic E-state index is 12.4. The van der Waals surface area contributed by atoms with Crippen molar-refractivity contribution in [3.8, 4) is 0 Å². The maximum Gasteiger partial charge on any atom is 0.256 e. The molecule has 1 N–H and O–H groups in total. The topological polar surface area (TPSA) is 29.1 Å². The Hall–Kier alpha value is -1.32. The molecule has 2 nitrogen and oxygen atoms in total. The van der Waals surface area contributed by atoms with Crippen molar-refractivity contribution in [3.63, 3.8) is 0 Å². The normalized spacial score (nSPS) is 12.0. The molecule has 1 atom stereocenters. The van der Waals surface area contributed by atoms with Crippen LogP contribution in [-0.2, 0) is 0 Å². The van der Waals surface area contributed by atoms with E-state index in [9.17, 15) is 4.79 Å². The van der Waals surface area contributed by atoms with E-state index in [1.807, 2.05) is 18.2 Å². The fourth-order valence-corrected chi connectivity index (χ4v) is 2.99. The summed E-state index contributed by atoms with van der Waals surface area (Å²) in [5.41, 5.74) is 2.58. The fourth-order valence-electron chi connectivity index (χ4n) is 2.12. The van der Waals surface area contributed by atoms with Crippen molar-refractivity contribution in [3.05, 3.63) is 63.1 Å². The van der Waals surface area contributed by atoms with E-state index in [0.29, 0.717) is 21.0 Å². The van der Waals surface area contributed by atoms with Crippen molar-refractivity contribution in [2.24, 2.45) is 0 Å². The molecule has 4 heteroatoms. The van der Waals surface area contributed by atoms with Crippen molar-refractivity contribution in [2.45, 2.75) is 26.2 Å². The number of carbonyl (C=O) groups excluding carboxylic acids is 1. The van der Waals surface area contributed by atoms with E-state index in [2.05, 4.69) is 41.2 Å². The van der Waals surface area contributed by atoms with Crippen LogP contribution in [0.15, 0.2) is 46.9 Å². The van der Waals surface area contributed by atoms with Crippen LogP contribution in [0.1, 0.15) is 42.1 Å². The molecule has 0 bridgehead atoms. The minimum Gasteiger partial charge on any atom is -0.322 e. The lowest BCUT2D eigenvalue weighted by atomic mass is 9.97. The van der Waals surface area contributed by atoms with Crippen LogP contribution in [0.3, 0.4) is 0 Å². The lowest BCUT2D eigenvalue weighted by Gasteiger charge is -2.16. The van der Waals surface area contributed by atoms with Gasteiger partial charge in [0.05, 0.1) is 5.56 Å². The summed E-state index contributed by atoms with van der Waals surface area (Å²) in [6.45, 7) is 4.29. The molecule has 2 aromatic carbocycles. The third kappa shape index (κ3) is 3.86. The monoisotopic (exact) mass is 365 g/mol. The Bertz CT molecular complexity index is 657. The molecule has 2 rings (SSSR count). The molecule has 0 aliphatic rings. The van der Waals surface area contributed by atoms with Gasteiger partial charge >= 0.3 is 0 Å². The van der Waals surface area contributed by atoms with E-state index in [0.717, 1.165) is 17.7 Å².